The molecule has 2 N–H and O–H groups in total. The zero-order valence-electron chi connectivity index (χ0n) is 12.1. The van der Waals surface area contributed by atoms with Crippen molar-refractivity contribution in [2.24, 2.45) is 5.92 Å². The van der Waals surface area contributed by atoms with Crippen molar-refractivity contribution in [2.45, 2.75) is 6.92 Å². The highest BCUT2D eigenvalue weighted by molar-refractivity contribution is 7.98. The Bertz CT molecular complexity index is 540. The van der Waals surface area contributed by atoms with E-state index < -0.39 is 4.92 Å². The van der Waals surface area contributed by atoms with Crippen molar-refractivity contribution in [3.05, 3.63) is 32.8 Å². The topological polar surface area (TPSA) is 84.3 Å². The van der Waals surface area contributed by atoms with Crippen molar-refractivity contribution in [1.82, 2.24) is 5.32 Å². The fourth-order valence-electron chi connectivity index (χ4n) is 1.83. The summed E-state index contributed by atoms with van der Waals surface area (Å²) in [6.07, 6.45) is 2.00. The predicted molar refractivity (Wildman–Crippen MR) is 87.5 cm³/mol. The minimum Gasteiger partial charge on any atom is -0.381 e. The van der Waals surface area contributed by atoms with Gasteiger partial charge < -0.3 is 10.6 Å². The maximum atomic E-state index is 12.1. The van der Waals surface area contributed by atoms with Crippen LogP contribution in [0.3, 0.4) is 0 Å². The summed E-state index contributed by atoms with van der Waals surface area (Å²) in [5.41, 5.74) is 0.170. The van der Waals surface area contributed by atoms with E-state index in [0.717, 1.165) is 5.75 Å². The number of halogens is 1. The largest absolute Gasteiger partial charge is 0.381 e. The van der Waals surface area contributed by atoms with Gasteiger partial charge in [0.1, 0.15) is 5.69 Å². The van der Waals surface area contributed by atoms with Crippen LogP contribution in [-0.4, -0.2) is 36.4 Å². The molecule has 0 bridgehead atoms. The SMILES string of the molecule is CNc1c(Cl)cc(C(=O)NCC(C)CSC)cc1[N+](=O)[O-]. The van der Waals surface area contributed by atoms with Gasteiger partial charge in [-0.15, -0.1) is 0 Å². The van der Waals surface area contributed by atoms with Crippen molar-refractivity contribution in [2.75, 3.05) is 30.9 Å². The second-order valence-corrected chi connectivity index (χ2v) is 5.95. The van der Waals surface area contributed by atoms with Gasteiger partial charge in [-0.1, -0.05) is 18.5 Å². The summed E-state index contributed by atoms with van der Waals surface area (Å²) >= 11 is 7.69. The molecule has 0 fully saturated rings. The van der Waals surface area contributed by atoms with E-state index in [4.69, 9.17) is 11.6 Å². The quantitative estimate of drug-likeness (QED) is 0.592. The van der Waals surface area contributed by atoms with Crippen LogP contribution in [0.15, 0.2) is 12.1 Å². The summed E-state index contributed by atoms with van der Waals surface area (Å²) in [6, 6.07) is 2.65. The number of amides is 1. The van der Waals surface area contributed by atoms with Gasteiger partial charge in [-0.05, 0) is 24.0 Å². The lowest BCUT2D eigenvalue weighted by atomic mass is 10.1. The Kier molecular flexibility index (Phi) is 6.77. The smallest absolute Gasteiger partial charge is 0.294 e. The first-order chi connectivity index (χ1) is 9.90. The van der Waals surface area contributed by atoms with E-state index in [1.165, 1.54) is 19.2 Å². The van der Waals surface area contributed by atoms with Crippen LogP contribution in [0.2, 0.25) is 5.02 Å². The Balaban J connectivity index is 2.93. The summed E-state index contributed by atoms with van der Waals surface area (Å²) in [5, 5.41) is 16.6. The third kappa shape index (κ3) is 4.78. The van der Waals surface area contributed by atoms with Crippen LogP contribution in [-0.2, 0) is 0 Å². The van der Waals surface area contributed by atoms with Gasteiger partial charge in [0.05, 0.1) is 9.95 Å². The van der Waals surface area contributed by atoms with Crippen LogP contribution in [0.5, 0.6) is 0 Å². The van der Waals surface area contributed by atoms with E-state index in [1.54, 1.807) is 11.8 Å². The molecule has 0 saturated heterocycles. The average Bonchev–Trinajstić information content (AvgIpc) is 2.44. The molecular formula is C13H18ClN3O3S. The zero-order chi connectivity index (χ0) is 16.0. The molecule has 0 spiro atoms. The van der Waals surface area contributed by atoms with Gasteiger partial charge in [0.2, 0.25) is 0 Å². The first-order valence-corrected chi connectivity index (χ1v) is 8.10. The van der Waals surface area contributed by atoms with Crippen molar-refractivity contribution < 1.29 is 9.72 Å². The molecule has 21 heavy (non-hydrogen) atoms. The Morgan fingerprint density at radius 1 is 1.52 bits per heavy atom. The lowest BCUT2D eigenvalue weighted by molar-refractivity contribution is -0.383. The van der Waals surface area contributed by atoms with Gasteiger partial charge in [0.25, 0.3) is 11.6 Å². The van der Waals surface area contributed by atoms with E-state index in [-0.39, 0.29) is 27.9 Å². The molecule has 0 saturated carbocycles. The summed E-state index contributed by atoms with van der Waals surface area (Å²) in [5.74, 6) is 0.890. The van der Waals surface area contributed by atoms with Crippen LogP contribution in [0.4, 0.5) is 11.4 Å². The second-order valence-electron chi connectivity index (χ2n) is 4.63. The molecule has 0 aliphatic rings. The third-order valence-electron chi connectivity index (χ3n) is 2.84. The fraction of sp³-hybridized carbons (Fsp3) is 0.462. The maximum Gasteiger partial charge on any atom is 0.294 e. The number of carbonyl (C=O) groups is 1. The summed E-state index contributed by atoms with van der Waals surface area (Å²) in [7, 11) is 1.54. The molecule has 0 radical (unpaired) electrons. The number of anilines is 1. The van der Waals surface area contributed by atoms with Crippen molar-refractivity contribution in [1.29, 1.82) is 0 Å². The molecule has 0 aliphatic heterocycles. The standard InChI is InChI=1S/C13H18ClN3O3S/c1-8(7-21-3)6-16-13(18)9-4-10(14)12(15-2)11(5-9)17(19)20/h4-5,8,15H,6-7H2,1-3H3,(H,16,18). The van der Waals surface area contributed by atoms with Crippen LogP contribution in [0, 0.1) is 16.0 Å². The van der Waals surface area contributed by atoms with Gasteiger partial charge in [-0.25, -0.2) is 0 Å². The Labute approximate surface area is 132 Å². The Morgan fingerprint density at radius 3 is 2.71 bits per heavy atom. The number of nitrogens with one attached hydrogen (secondary N) is 2. The highest BCUT2D eigenvalue weighted by Gasteiger charge is 2.20. The number of rotatable bonds is 7. The molecule has 1 unspecified atom stereocenters. The van der Waals surface area contributed by atoms with E-state index in [9.17, 15) is 14.9 Å². The monoisotopic (exact) mass is 331 g/mol. The minimum atomic E-state index is -0.565. The first kappa shape index (κ1) is 17.6. The highest BCUT2D eigenvalue weighted by atomic mass is 35.5. The number of benzene rings is 1. The highest BCUT2D eigenvalue weighted by Crippen LogP contribution is 2.33. The van der Waals surface area contributed by atoms with Crippen LogP contribution < -0.4 is 10.6 Å². The van der Waals surface area contributed by atoms with Gasteiger partial charge in [0, 0.05) is 25.2 Å². The Morgan fingerprint density at radius 2 is 2.19 bits per heavy atom. The van der Waals surface area contributed by atoms with Crippen LogP contribution in [0.25, 0.3) is 0 Å². The van der Waals surface area contributed by atoms with Gasteiger partial charge in [-0.2, -0.15) is 11.8 Å². The molecule has 8 heteroatoms. The number of thioether (sulfide) groups is 1. The molecule has 0 aromatic heterocycles. The van der Waals surface area contributed by atoms with Crippen molar-refractivity contribution in [3.63, 3.8) is 0 Å². The molecule has 1 rings (SSSR count). The third-order valence-corrected chi connectivity index (χ3v) is 4.04. The van der Waals surface area contributed by atoms with E-state index in [1.807, 2.05) is 13.2 Å². The normalized spacial score (nSPS) is 11.8. The molecule has 6 nitrogen and oxygen atoms in total. The molecule has 116 valence electrons. The van der Waals surface area contributed by atoms with Crippen LogP contribution >= 0.6 is 23.4 Å². The zero-order valence-corrected chi connectivity index (χ0v) is 13.7. The van der Waals surface area contributed by atoms with E-state index in [2.05, 4.69) is 10.6 Å². The second kappa shape index (κ2) is 8.09. The average molecular weight is 332 g/mol. The molecule has 0 aliphatic carbocycles. The predicted octanol–water partition coefficient (Wildman–Crippen LogP) is 3.02. The minimum absolute atomic E-state index is 0.147. The number of carbonyl (C=O) groups excluding carboxylic acids is 1. The lowest BCUT2D eigenvalue weighted by Gasteiger charge is -2.12. The molecule has 0 heterocycles. The maximum absolute atomic E-state index is 12.1. The molecule has 1 aromatic rings. The summed E-state index contributed by atoms with van der Waals surface area (Å²) < 4.78 is 0. The number of hydrogen-bond acceptors (Lipinski definition) is 5. The number of nitro benzene ring substituents is 1. The first-order valence-electron chi connectivity index (χ1n) is 6.33. The number of nitro groups is 1. The molecule has 1 aromatic carbocycles. The van der Waals surface area contributed by atoms with Gasteiger partial charge >= 0.3 is 0 Å². The summed E-state index contributed by atoms with van der Waals surface area (Å²) in [4.78, 5) is 22.5. The van der Waals surface area contributed by atoms with Gasteiger partial charge in [-0.3, -0.25) is 14.9 Å². The number of nitrogens with zero attached hydrogens (tertiary/aromatic N) is 1. The summed E-state index contributed by atoms with van der Waals surface area (Å²) in [6.45, 7) is 2.54. The fourth-order valence-corrected chi connectivity index (χ4v) is 2.82. The number of hydrogen-bond donors (Lipinski definition) is 2. The van der Waals surface area contributed by atoms with Crippen molar-refractivity contribution in [3.8, 4) is 0 Å². The van der Waals surface area contributed by atoms with E-state index >= 15 is 0 Å². The lowest BCUT2D eigenvalue weighted by Crippen LogP contribution is -2.29. The molecule has 1 amide bonds. The van der Waals surface area contributed by atoms with Gasteiger partial charge in [0.15, 0.2) is 0 Å². The van der Waals surface area contributed by atoms with E-state index in [0.29, 0.717) is 12.5 Å². The van der Waals surface area contributed by atoms with Crippen molar-refractivity contribution >= 4 is 40.6 Å². The molecular weight excluding hydrogens is 314 g/mol. The Hall–Kier alpha value is -1.47. The molecule has 1 atom stereocenters. The van der Waals surface area contributed by atoms with Crippen LogP contribution in [0.1, 0.15) is 17.3 Å².